The molecule has 0 aliphatic heterocycles. The van der Waals surface area contributed by atoms with Gasteiger partial charge in [0.15, 0.2) is 0 Å². The van der Waals surface area contributed by atoms with E-state index in [-0.39, 0.29) is 6.03 Å². The normalized spacial score (nSPS) is 10.3. The van der Waals surface area contributed by atoms with E-state index < -0.39 is 0 Å². The average Bonchev–Trinajstić information content (AvgIpc) is 2.67. The Morgan fingerprint density at radius 2 is 1.64 bits per heavy atom. The van der Waals surface area contributed by atoms with Gasteiger partial charge in [-0.2, -0.15) is 0 Å². The highest BCUT2D eigenvalue weighted by Gasteiger charge is 2.04. The Labute approximate surface area is 151 Å². The van der Waals surface area contributed by atoms with Crippen LogP contribution in [0.2, 0.25) is 5.02 Å². The van der Waals surface area contributed by atoms with Gasteiger partial charge in [0.1, 0.15) is 6.33 Å². The van der Waals surface area contributed by atoms with E-state index in [4.69, 9.17) is 11.6 Å². The number of rotatable bonds is 5. The molecule has 0 radical (unpaired) electrons. The van der Waals surface area contributed by atoms with Crippen LogP contribution in [0.25, 0.3) is 11.3 Å². The summed E-state index contributed by atoms with van der Waals surface area (Å²) >= 11 is 5.84. The molecule has 0 bridgehead atoms. The van der Waals surface area contributed by atoms with E-state index in [1.165, 1.54) is 6.33 Å². The largest absolute Gasteiger partial charge is 0.334 e. The summed E-state index contributed by atoms with van der Waals surface area (Å²) in [4.78, 5) is 20.4. The fourth-order valence-corrected chi connectivity index (χ4v) is 2.40. The van der Waals surface area contributed by atoms with Gasteiger partial charge in [0.25, 0.3) is 0 Å². The van der Waals surface area contributed by atoms with Crippen molar-refractivity contribution in [2.75, 3.05) is 0 Å². The fraction of sp³-hybridized carbons (Fsp3) is 0.105. The third-order valence-corrected chi connectivity index (χ3v) is 3.84. The van der Waals surface area contributed by atoms with Crippen molar-refractivity contribution < 1.29 is 4.79 Å². The van der Waals surface area contributed by atoms with Gasteiger partial charge >= 0.3 is 6.03 Å². The van der Waals surface area contributed by atoms with Crippen LogP contribution in [0.5, 0.6) is 0 Å². The summed E-state index contributed by atoms with van der Waals surface area (Å²) in [5, 5.41) is 6.26. The zero-order valence-electron chi connectivity index (χ0n) is 13.4. The number of halogens is 1. The van der Waals surface area contributed by atoms with Crippen molar-refractivity contribution in [3.63, 3.8) is 0 Å². The maximum absolute atomic E-state index is 11.9. The lowest BCUT2D eigenvalue weighted by Crippen LogP contribution is -2.34. The molecule has 5 nitrogen and oxygen atoms in total. The quantitative estimate of drug-likeness (QED) is 0.734. The maximum Gasteiger partial charge on any atom is 0.315 e. The Hall–Kier alpha value is -2.92. The molecule has 2 aromatic carbocycles. The van der Waals surface area contributed by atoms with Crippen LogP contribution in [0, 0.1) is 0 Å². The van der Waals surface area contributed by atoms with E-state index in [2.05, 4.69) is 20.6 Å². The zero-order valence-corrected chi connectivity index (χ0v) is 14.2. The van der Waals surface area contributed by atoms with Gasteiger partial charge in [-0.3, -0.25) is 0 Å². The smallest absolute Gasteiger partial charge is 0.315 e. The monoisotopic (exact) mass is 352 g/mol. The molecule has 3 aromatic rings. The highest BCUT2D eigenvalue weighted by molar-refractivity contribution is 6.30. The minimum atomic E-state index is -0.255. The van der Waals surface area contributed by atoms with Crippen LogP contribution in [0.15, 0.2) is 67.0 Å². The number of carbonyl (C=O) groups is 1. The van der Waals surface area contributed by atoms with Crippen molar-refractivity contribution in [3.05, 3.63) is 83.3 Å². The first-order valence-electron chi connectivity index (χ1n) is 7.83. The van der Waals surface area contributed by atoms with Gasteiger partial charge in [-0.15, -0.1) is 0 Å². The van der Waals surface area contributed by atoms with Gasteiger partial charge in [0, 0.05) is 17.1 Å². The molecule has 0 spiro atoms. The Morgan fingerprint density at radius 3 is 2.40 bits per heavy atom. The van der Waals surface area contributed by atoms with Crippen molar-refractivity contribution in [1.82, 2.24) is 20.6 Å². The molecule has 0 saturated heterocycles. The number of benzene rings is 2. The molecule has 6 heteroatoms. The number of hydrogen-bond donors (Lipinski definition) is 2. The third-order valence-electron chi connectivity index (χ3n) is 3.59. The summed E-state index contributed by atoms with van der Waals surface area (Å²) in [6.07, 6.45) is 1.50. The summed E-state index contributed by atoms with van der Waals surface area (Å²) in [6.45, 7) is 0.761. The Bertz CT molecular complexity index is 838. The molecule has 0 aliphatic carbocycles. The second kappa shape index (κ2) is 8.26. The molecular formula is C19H17ClN4O. The molecule has 1 aromatic heterocycles. The average molecular weight is 353 g/mol. The molecule has 2 N–H and O–H groups in total. The number of aromatic nitrogens is 2. The molecule has 0 atom stereocenters. The van der Waals surface area contributed by atoms with Crippen molar-refractivity contribution in [2.45, 2.75) is 13.1 Å². The number of hydrogen-bond acceptors (Lipinski definition) is 3. The SMILES string of the molecule is O=C(NCc1ccc(Cl)cc1)NCc1cc(-c2ccccc2)ncn1. The summed E-state index contributed by atoms with van der Waals surface area (Å²) in [5.41, 5.74) is 3.57. The molecule has 0 fully saturated rings. The molecule has 0 aliphatic rings. The van der Waals surface area contributed by atoms with Crippen LogP contribution in [-0.2, 0) is 13.1 Å². The van der Waals surface area contributed by atoms with Gasteiger partial charge in [0.2, 0.25) is 0 Å². The number of urea groups is 1. The lowest BCUT2D eigenvalue weighted by Gasteiger charge is -2.08. The highest BCUT2D eigenvalue weighted by atomic mass is 35.5. The Balaban J connectivity index is 1.53. The lowest BCUT2D eigenvalue weighted by molar-refractivity contribution is 0.240. The van der Waals surface area contributed by atoms with E-state index in [0.29, 0.717) is 18.1 Å². The second-order valence-electron chi connectivity index (χ2n) is 5.42. The molecule has 25 heavy (non-hydrogen) atoms. The van der Waals surface area contributed by atoms with Gasteiger partial charge in [-0.1, -0.05) is 54.1 Å². The third kappa shape index (κ3) is 5.02. The molecule has 3 rings (SSSR count). The minimum absolute atomic E-state index is 0.255. The number of nitrogens with one attached hydrogen (secondary N) is 2. The topological polar surface area (TPSA) is 66.9 Å². The first-order valence-corrected chi connectivity index (χ1v) is 8.21. The summed E-state index contributed by atoms with van der Waals surface area (Å²) in [5.74, 6) is 0. The van der Waals surface area contributed by atoms with Crippen molar-refractivity contribution in [1.29, 1.82) is 0 Å². The number of nitrogens with zero attached hydrogens (tertiary/aromatic N) is 2. The van der Waals surface area contributed by atoms with Crippen LogP contribution in [0.3, 0.4) is 0 Å². The van der Waals surface area contributed by atoms with Crippen molar-refractivity contribution >= 4 is 17.6 Å². The highest BCUT2D eigenvalue weighted by Crippen LogP contribution is 2.16. The van der Waals surface area contributed by atoms with E-state index in [9.17, 15) is 4.79 Å². The van der Waals surface area contributed by atoms with Crippen LogP contribution < -0.4 is 10.6 Å². The second-order valence-corrected chi connectivity index (χ2v) is 5.86. The Morgan fingerprint density at radius 1 is 0.920 bits per heavy atom. The molecular weight excluding hydrogens is 336 g/mol. The van der Waals surface area contributed by atoms with Crippen LogP contribution in [0.4, 0.5) is 4.79 Å². The molecule has 0 saturated carbocycles. The van der Waals surface area contributed by atoms with Gasteiger partial charge in [-0.25, -0.2) is 14.8 Å². The predicted molar refractivity (Wildman–Crippen MR) is 98.0 cm³/mol. The molecule has 0 unspecified atom stereocenters. The van der Waals surface area contributed by atoms with Crippen LogP contribution >= 0.6 is 11.6 Å². The van der Waals surface area contributed by atoms with E-state index in [0.717, 1.165) is 22.5 Å². The van der Waals surface area contributed by atoms with Crippen LogP contribution in [0.1, 0.15) is 11.3 Å². The predicted octanol–water partition coefficient (Wildman–Crippen LogP) is 3.80. The standard InChI is InChI=1S/C19H17ClN4O/c20-16-8-6-14(7-9-16)11-21-19(25)22-12-17-10-18(24-13-23-17)15-4-2-1-3-5-15/h1-10,13H,11-12H2,(H2,21,22,25). The van der Waals surface area contributed by atoms with Crippen molar-refractivity contribution in [2.24, 2.45) is 0 Å². The lowest BCUT2D eigenvalue weighted by atomic mass is 10.1. The Kier molecular flexibility index (Phi) is 5.59. The maximum atomic E-state index is 11.9. The fourth-order valence-electron chi connectivity index (χ4n) is 2.28. The summed E-state index contributed by atoms with van der Waals surface area (Å²) in [7, 11) is 0. The molecule has 2 amide bonds. The summed E-state index contributed by atoms with van der Waals surface area (Å²) in [6, 6.07) is 18.8. The van der Waals surface area contributed by atoms with E-state index in [1.54, 1.807) is 12.1 Å². The number of carbonyl (C=O) groups excluding carboxylic acids is 1. The van der Waals surface area contributed by atoms with E-state index >= 15 is 0 Å². The first kappa shape index (κ1) is 16.9. The van der Waals surface area contributed by atoms with Gasteiger partial charge in [-0.05, 0) is 23.8 Å². The molecule has 126 valence electrons. The van der Waals surface area contributed by atoms with Crippen LogP contribution in [-0.4, -0.2) is 16.0 Å². The minimum Gasteiger partial charge on any atom is -0.334 e. The van der Waals surface area contributed by atoms with Crippen molar-refractivity contribution in [3.8, 4) is 11.3 Å². The van der Waals surface area contributed by atoms with E-state index in [1.807, 2.05) is 48.5 Å². The molecule has 1 heterocycles. The number of amides is 2. The zero-order chi connectivity index (χ0) is 17.5. The first-order chi connectivity index (χ1) is 12.2. The van der Waals surface area contributed by atoms with Gasteiger partial charge in [0.05, 0.1) is 17.9 Å². The van der Waals surface area contributed by atoms with Gasteiger partial charge < -0.3 is 10.6 Å². The summed E-state index contributed by atoms with van der Waals surface area (Å²) < 4.78 is 0.